The summed E-state index contributed by atoms with van der Waals surface area (Å²) in [6.45, 7) is 0. The molecule has 0 unspecified atom stereocenters. The zero-order valence-corrected chi connectivity index (χ0v) is 18.1. The van der Waals surface area contributed by atoms with Crippen molar-refractivity contribution in [3.63, 3.8) is 0 Å². The zero-order chi connectivity index (χ0) is 22.8. The molecule has 6 aromatic rings. The molecule has 2 amide bonds. The van der Waals surface area contributed by atoms with E-state index in [4.69, 9.17) is 0 Å². The average Bonchev–Trinajstić information content (AvgIpc) is 3.21. The standard InChI is InChI=1S/C30H18N2O2/c33-29-23-11-6-10-22-20(14-15-24(28(22)23)30(34)31-29)18-13-16-27-25(17-18)21-9-4-5-12-26(21)32(27)19-7-2-1-3-8-19/h1-17H,(H,31,33,34). The monoisotopic (exact) mass is 438 g/mol. The van der Waals surface area contributed by atoms with Crippen LogP contribution in [-0.4, -0.2) is 16.4 Å². The highest BCUT2D eigenvalue weighted by Crippen LogP contribution is 2.38. The van der Waals surface area contributed by atoms with Gasteiger partial charge in [0.25, 0.3) is 11.8 Å². The Bertz CT molecular complexity index is 1790. The Balaban J connectivity index is 1.53. The summed E-state index contributed by atoms with van der Waals surface area (Å²) in [5.41, 5.74) is 6.53. The fraction of sp³-hybridized carbons (Fsp3) is 0. The smallest absolute Gasteiger partial charge is 0.258 e. The van der Waals surface area contributed by atoms with Crippen LogP contribution in [0.2, 0.25) is 0 Å². The van der Waals surface area contributed by atoms with Crippen LogP contribution in [0.1, 0.15) is 20.7 Å². The zero-order valence-electron chi connectivity index (χ0n) is 18.1. The second-order valence-corrected chi connectivity index (χ2v) is 8.59. The maximum absolute atomic E-state index is 12.5. The Hall–Kier alpha value is -4.70. The first-order valence-corrected chi connectivity index (χ1v) is 11.2. The van der Waals surface area contributed by atoms with Gasteiger partial charge in [0.2, 0.25) is 0 Å². The van der Waals surface area contributed by atoms with E-state index in [1.807, 2.05) is 30.3 Å². The van der Waals surface area contributed by atoms with Crippen molar-refractivity contribution >= 4 is 44.4 Å². The predicted octanol–water partition coefficient (Wildman–Crippen LogP) is 6.49. The number of hydrogen-bond donors (Lipinski definition) is 1. The number of carbonyl (C=O) groups excluding carboxylic acids is 2. The van der Waals surface area contributed by atoms with E-state index in [0.717, 1.165) is 44.0 Å². The van der Waals surface area contributed by atoms with E-state index in [9.17, 15) is 9.59 Å². The van der Waals surface area contributed by atoms with Gasteiger partial charge in [-0.05, 0) is 59.0 Å². The van der Waals surface area contributed by atoms with E-state index in [1.165, 1.54) is 5.39 Å². The summed E-state index contributed by atoms with van der Waals surface area (Å²) in [5.74, 6) is -0.691. The molecule has 0 spiro atoms. The van der Waals surface area contributed by atoms with Gasteiger partial charge in [-0.1, -0.05) is 60.7 Å². The topological polar surface area (TPSA) is 51.1 Å². The van der Waals surface area contributed by atoms with Crippen LogP contribution in [0.25, 0.3) is 49.4 Å². The predicted molar refractivity (Wildman–Crippen MR) is 136 cm³/mol. The fourth-order valence-electron chi connectivity index (χ4n) is 5.27. The van der Waals surface area contributed by atoms with Crippen molar-refractivity contribution in [2.75, 3.05) is 0 Å². The molecule has 4 nitrogen and oxygen atoms in total. The number of carbonyl (C=O) groups is 2. The molecular formula is C30H18N2O2. The average molecular weight is 438 g/mol. The molecule has 0 bridgehead atoms. The van der Waals surface area contributed by atoms with Crippen LogP contribution in [-0.2, 0) is 0 Å². The van der Waals surface area contributed by atoms with Crippen molar-refractivity contribution in [2.24, 2.45) is 0 Å². The molecule has 0 atom stereocenters. The Morgan fingerprint density at radius 1 is 0.529 bits per heavy atom. The van der Waals surface area contributed by atoms with Crippen LogP contribution in [0.5, 0.6) is 0 Å². The molecule has 1 aromatic heterocycles. The lowest BCUT2D eigenvalue weighted by Gasteiger charge is -2.18. The number of amides is 2. The third-order valence-corrected chi connectivity index (χ3v) is 6.75. The van der Waals surface area contributed by atoms with E-state index in [-0.39, 0.29) is 11.8 Å². The number of para-hydroxylation sites is 2. The highest BCUT2D eigenvalue weighted by Gasteiger charge is 2.26. The van der Waals surface area contributed by atoms with Crippen molar-refractivity contribution in [2.45, 2.75) is 0 Å². The van der Waals surface area contributed by atoms with Gasteiger partial charge in [-0.3, -0.25) is 14.9 Å². The van der Waals surface area contributed by atoms with E-state index < -0.39 is 0 Å². The van der Waals surface area contributed by atoms with Crippen molar-refractivity contribution in [1.29, 1.82) is 0 Å². The van der Waals surface area contributed by atoms with Crippen LogP contribution < -0.4 is 5.32 Å². The summed E-state index contributed by atoms with van der Waals surface area (Å²) in [4.78, 5) is 24.9. The molecule has 1 aliphatic heterocycles. The third-order valence-electron chi connectivity index (χ3n) is 6.75. The first-order valence-electron chi connectivity index (χ1n) is 11.2. The fourth-order valence-corrected chi connectivity index (χ4v) is 5.27. The normalized spacial score (nSPS) is 13.1. The van der Waals surface area contributed by atoms with Crippen molar-refractivity contribution in [1.82, 2.24) is 9.88 Å². The molecule has 0 fully saturated rings. The lowest BCUT2D eigenvalue weighted by atomic mass is 9.89. The van der Waals surface area contributed by atoms with Crippen LogP contribution in [0.4, 0.5) is 0 Å². The number of nitrogens with zero attached hydrogens (tertiary/aromatic N) is 1. The van der Waals surface area contributed by atoms with Gasteiger partial charge in [0, 0.05) is 33.0 Å². The lowest BCUT2D eigenvalue weighted by Crippen LogP contribution is -2.34. The summed E-state index contributed by atoms with van der Waals surface area (Å²) >= 11 is 0. The third kappa shape index (κ3) is 2.54. The van der Waals surface area contributed by atoms with Crippen LogP contribution in [0.3, 0.4) is 0 Å². The molecule has 1 N–H and O–H groups in total. The van der Waals surface area contributed by atoms with E-state index >= 15 is 0 Å². The second kappa shape index (κ2) is 6.90. The highest BCUT2D eigenvalue weighted by atomic mass is 16.2. The minimum atomic E-state index is -0.346. The summed E-state index contributed by atoms with van der Waals surface area (Å²) in [6, 6.07) is 34.7. The highest BCUT2D eigenvalue weighted by molar-refractivity contribution is 6.27. The van der Waals surface area contributed by atoms with Crippen molar-refractivity contribution < 1.29 is 9.59 Å². The maximum Gasteiger partial charge on any atom is 0.258 e. The van der Waals surface area contributed by atoms with Crippen LogP contribution in [0, 0.1) is 0 Å². The van der Waals surface area contributed by atoms with Crippen molar-refractivity contribution in [3.05, 3.63) is 114 Å². The van der Waals surface area contributed by atoms with Crippen LogP contribution in [0.15, 0.2) is 103 Å². The molecule has 0 radical (unpaired) electrons. The molecule has 7 rings (SSSR count). The van der Waals surface area contributed by atoms with E-state index in [0.29, 0.717) is 11.1 Å². The molecule has 0 aliphatic carbocycles. The summed E-state index contributed by atoms with van der Waals surface area (Å²) in [7, 11) is 0. The number of rotatable bonds is 2. The van der Waals surface area contributed by atoms with E-state index in [2.05, 4.69) is 76.6 Å². The maximum atomic E-state index is 12.5. The number of nitrogens with one attached hydrogen (secondary N) is 1. The molecule has 0 saturated carbocycles. The Kier molecular flexibility index (Phi) is 3.82. The summed E-state index contributed by atoms with van der Waals surface area (Å²) < 4.78 is 2.29. The minimum Gasteiger partial charge on any atom is -0.309 e. The molecule has 160 valence electrons. The summed E-state index contributed by atoms with van der Waals surface area (Å²) in [6.07, 6.45) is 0. The molecule has 2 heterocycles. The van der Waals surface area contributed by atoms with Gasteiger partial charge in [-0.25, -0.2) is 0 Å². The lowest BCUT2D eigenvalue weighted by molar-refractivity contribution is 0.0845. The molecular weight excluding hydrogens is 420 g/mol. The molecule has 1 aliphatic rings. The molecule has 4 heteroatoms. The van der Waals surface area contributed by atoms with Gasteiger partial charge in [0.05, 0.1) is 11.0 Å². The van der Waals surface area contributed by atoms with Gasteiger partial charge < -0.3 is 4.57 Å². The number of hydrogen-bond acceptors (Lipinski definition) is 2. The number of aromatic nitrogens is 1. The molecule has 5 aromatic carbocycles. The Morgan fingerprint density at radius 3 is 2.06 bits per heavy atom. The summed E-state index contributed by atoms with van der Waals surface area (Å²) in [5, 5.41) is 6.41. The van der Waals surface area contributed by atoms with Crippen LogP contribution >= 0.6 is 0 Å². The molecule has 0 saturated heterocycles. The first kappa shape index (κ1) is 18.8. The SMILES string of the molecule is O=C1NC(=O)c2ccc(-c3ccc4c(c3)c3ccccc3n4-c3ccccc3)c3cccc1c23. The Labute approximate surface area is 195 Å². The van der Waals surface area contributed by atoms with Gasteiger partial charge >= 0.3 is 0 Å². The number of fused-ring (bicyclic) bond motifs is 3. The van der Waals surface area contributed by atoms with Crippen molar-refractivity contribution in [3.8, 4) is 16.8 Å². The quantitative estimate of drug-likeness (QED) is 0.314. The minimum absolute atomic E-state index is 0.346. The van der Waals surface area contributed by atoms with Gasteiger partial charge in [0.1, 0.15) is 0 Å². The largest absolute Gasteiger partial charge is 0.309 e. The Morgan fingerprint density at radius 2 is 1.21 bits per heavy atom. The van der Waals surface area contributed by atoms with Gasteiger partial charge in [-0.2, -0.15) is 0 Å². The van der Waals surface area contributed by atoms with E-state index in [1.54, 1.807) is 6.07 Å². The first-order chi connectivity index (χ1) is 16.7. The number of benzene rings is 5. The molecule has 34 heavy (non-hydrogen) atoms. The van der Waals surface area contributed by atoms with Gasteiger partial charge in [0.15, 0.2) is 0 Å². The second-order valence-electron chi connectivity index (χ2n) is 8.59. The number of imide groups is 1. The van der Waals surface area contributed by atoms with Gasteiger partial charge in [-0.15, -0.1) is 0 Å².